The number of amides is 2. The van der Waals surface area contributed by atoms with E-state index in [4.69, 9.17) is 9.47 Å². The molecule has 1 unspecified atom stereocenters. The highest BCUT2D eigenvalue weighted by molar-refractivity contribution is 5.79. The summed E-state index contributed by atoms with van der Waals surface area (Å²) in [6.07, 6.45) is 3.32. The van der Waals surface area contributed by atoms with Gasteiger partial charge in [-0.2, -0.15) is 0 Å². The number of hydrogen-bond acceptors (Lipinski definition) is 4. The van der Waals surface area contributed by atoms with Crippen LogP contribution in [0.3, 0.4) is 0 Å². The molecule has 0 saturated carbocycles. The first-order chi connectivity index (χ1) is 11.4. The summed E-state index contributed by atoms with van der Waals surface area (Å²) in [5.74, 6) is 0.0556. The van der Waals surface area contributed by atoms with Gasteiger partial charge in [-0.1, -0.05) is 0 Å². The van der Waals surface area contributed by atoms with Gasteiger partial charge < -0.3 is 19.3 Å². The van der Waals surface area contributed by atoms with Crippen LogP contribution in [0.25, 0.3) is 0 Å². The van der Waals surface area contributed by atoms with Gasteiger partial charge in [0.2, 0.25) is 5.91 Å². The maximum atomic E-state index is 12.6. The van der Waals surface area contributed by atoms with Crippen molar-refractivity contribution in [3.63, 3.8) is 0 Å². The molecule has 3 saturated heterocycles. The third-order valence-corrected chi connectivity index (χ3v) is 5.50. The van der Waals surface area contributed by atoms with Crippen LogP contribution in [0.2, 0.25) is 0 Å². The van der Waals surface area contributed by atoms with Gasteiger partial charge in [0.05, 0.1) is 12.1 Å². The second-order valence-corrected chi connectivity index (χ2v) is 9.80. The van der Waals surface area contributed by atoms with E-state index in [0.717, 1.165) is 25.7 Å². The number of hydrogen-bond donors (Lipinski definition) is 0. The van der Waals surface area contributed by atoms with Gasteiger partial charge in [0, 0.05) is 17.6 Å². The molecule has 0 aromatic heterocycles. The van der Waals surface area contributed by atoms with E-state index < -0.39 is 5.60 Å². The summed E-state index contributed by atoms with van der Waals surface area (Å²) in [5.41, 5.74) is -1.02. The van der Waals surface area contributed by atoms with Crippen molar-refractivity contribution in [3.05, 3.63) is 0 Å². The molecule has 3 aliphatic heterocycles. The van der Waals surface area contributed by atoms with Gasteiger partial charge in [-0.3, -0.25) is 4.79 Å². The van der Waals surface area contributed by atoms with E-state index >= 15 is 0 Å². The zero-order valence-corrected chi connectivity index (χ0v) is 16.4. The molecule has 2 amide bonds. The zero-order chi connectivity index (χ0) is 18.6. The lowest BCUT2D eigenvalue weighted by Gasteiger charge is -2.52. The minimum atomic E-state index is -0.484. The molecule has 6 nitrogen and oxygen atoms in total. The number of fused-ring (bicyclic) bond motifs is 2. The van der Waals surface area contributed by atoms with Crippen molar-refractivity contribution < 1.29 is 19.1 Å². The highest BCUT2D eigenvalue weighted by Crippen LogP contribution is 2.45. The van der Waals surface area contributed by atoms with Crippen LogP contribution in [-0.4, -0.2) is 63.8 Å². The molecule has 3 fully saturated rings. The van der Waals surface area contributed by atoms with Crippen molar-refractivity contribution in [2.24, 2.45) is 0 Å². The molecule has 0 N–H and O–H groups in total. The van der Waals surface area contributed by atoms with Crippen molar-refractivity contribution in [2.75, 3.05) is 13.2 Å². The van der Waals surface area contributed by atoms with Gasteiger partial charge in [0.1, 0.15) is 12.2 Å². The largest absolute Gasteiger partial charge is 0.444 e. The Morgan fingerprint density at radius 1 is 1.12 bits per heavy atom. The molecule has 0 aliphatic carbocycles. The lowest BCUT2D eigenvalue weighted by Crippen LogP contribution is -2.65. The second-order valence-electron chi connectivity index (χ2n) is 9.80. The molecule has 6 heteroatoms. The summed E-state index contributed by atoms with van der Waals surface area (Å²) >= 11 is 0. The SMILES string of the molecule is CC(C)(C)OC(=O)N1[C@@H]2CC[C@H]1CC1(C2)CN(C(C)(C)C)C(=O)CO1. The van der Waals surface area contributed by atoms with E-state index in [9.17, 15) is 9.59 Å². The van der Waals surface area contributed by atoms with Crippen LogP contribution in [0.5, 0.6) is 0 Å². The summed E-state index contributed by atoms with van der Waals surface area (Å²) in [5, 5.41) is 0. The average molecular weight is 352 g/mol. The smallest absolute Gasteiger partial charge is 0.410 e. The fourth-order valence-corrected chi connectivity index (χ4v) is 4.49. The van der Waals surface area contributed by atoms with Gasteiger partial charge in [-0.25, -0.2) is 4.79 Å². The lowest BCUT2D eigenvalue weighted by molar-refractivity contribution is -0.184. The monoisotopic (exact) mass is 352 g/mol. The van der Waals surface area contributed by atoms with Crippen LogP contribution < -0.4 is 0 Å². The number of nitrogens with zero attached hydrogens (tertiary/aromatic N) is 2. The van der Waals surface area contributed by atoms with Crippen LogP contribution in [0.4, 0.5) is 4.79 Å². The minimum absolute atomic E-state index is 0.0556. The van der Waals surface area contributed by atoms with Gasteiger partial charge in [-0.05, 0) is 67.2 Å². The van der Waals surface area contributed by atoms with Gasteiger partial charge in [-0.15, -0.1) is 0 Å². The summed E-state index contributed by atoms with van der Waals surface area (Å²) in [4.78, 5) is 28.8. The predicted molar refractivity (Wildman–Crippen MR) is 94.3 cm³/mol. The minimum Gasteiger partial charge on any atom is -0.444 e. The summed E-state index contributed by atoms with van der Waals surface area (Å²) in [7, 11) is 0. The Balaban J connectivity index is 1.75. The molecule has 2 bridgehead atoms. The Hall–Kier alpha value is -1.30. The Bertz CT molecular complexity index is 547. The van der Waals surface area contributed by atoms with Crippen molar-refractivity contribution in [1.29, 1.82) is 0 Å². The van der Waals surface area contributed by atoms with Crippen LogP contribution >= 0.6 is 0 Å². The van der Waals surface area contributed by atoms with E-state index in [1.165, 1.54) is 0 Å². The number of carbonyl (C=O) groups is 2. The van der Waals surface area contributed by atoms with E-state index in [0.29, 0.717) is 6.54 Å². The fraction of sp³-hybridized carbons (Fsp3) is 0.895. The Labute approximate surface area is 150 Å². The quantitative estimate of drug-likeness (QED) is 0.672. The molecule has 142 valence electrons. The van der Waals surface area contributed by atoms with E-state index in [2.05, 4.69) is 20.8 Å². The second kappa shape index (κ2) is 5.86. The summed E-state index contributed by atoms with van der Waals surface area (Å²) in [6, 6.07) is 0.284. The Morgan fingerprint density at radius 2 is 1.68 bits per heavy atom. The van der Waals surface area contributed by atoms with Gasteiger partial charge in [0.25, 0.3) is 0 Å². The standard InChI is InChI=1S/C19H32N2O4/c1-17(2,3)20-12-19(24-11-15(20)22)9-13-7-8-14(10-19)21(13)16(23)25-18(4,5)6/h13-14H,7-12H2,1-6H3/t13-,14+,19?. The first-order valence-electron chi connectivity index (χ1n) is 9.36. The molecule has 0 aromatic carbocycles. The third-order valence-electron chi connectivity index (χ3n) is 5.50. The van der Waals surface area contributed by atoms with E-state index in [-0.39, 0.29) is 41.8 Å². The molecular weight excluding hydrogens is 320 g/mol. The first kappa shape index (κ1) is 18.5. The van der Waals surface area contributed by atoms with Crippen molar-refractivity contribution in [2.45, 2.75) is 96.1 Å². The van der Waals surface area contributed by atoms with Crippen molar-refractivity contribution in [1.82, 2.24) is 9.80 Å². The molecule has 1 spiro atoms. The molecule has 3 rings (SSSR count). The zero-order valence-electron chi connectivity index (χ0n) is 16.4. The molecule has 0 radical (unpaired) electrons. The van der Waals surface area contributed by atoms with Crippen molar-refractivity contribution >= 4 is 12.0 Å². The summed E-state index contributed by atoms with van der Waals surface area (Å²) in [6.45, 7) is 12.6. The molecular formula is C19H32N2O4. The molecule has 3 atom stereocenters. The Morgan fingerprint density at radius 3 is 2.16 bits per heavy atom. The lowest BCUT2D eigenvalue weighted by atomic mass is 9.83. The number of carbonyl (C=O) groups excluding carboxylic acids is 2. The molecule has 3 aliphatic rings. The first-order valence-corrected chi connectivity index (χ1v) is 9.36. The molecule has 25 heavy (non-hydrogen) atoms. The number of morpholine rings is 1. The number of piperidine rings is 1. The highest BCUT2D eigenvalue weighted by Gasteiger charge is 2.54. The topological polar surface area (TPSA) is 59.1 Å². The fourth-order valence-electron chi connectivity index (χ4n) is 4.49. The highest BCUT2D eigenvalue weighted by atomic mass is 16.6. The maximum Gasteiger partial charge on any atom is 0.410 e. The normalized spacial score (nSPS) is 33.1. The van der Waals surface area contributed by atoms with E-state index in [1.807, 2.05) is 30.6 Å². The Kier molecular flexibility index (Phi) is 4.34. The summed E-state index contributed by atoms with van der Waals surface area (Å²) < 4.78 is 11.7. The van der Waals surface area contributed by atoms with Gasteiger partial charge in [0.15, 0.2) is 0 Å². The van der Waals surface area contributed by atoms with Crippen LogP contribution in [0.1, 0.15) is 67.2 Å². The maximum absolute atomic E-state index is 12.6. The number of rotatable bonds is 0. The van der Waals surface area contributed by atoms with Crippen LogP contribution in [0.15, 0.2) is 0 Å². The average Bonchev–Trinajstić information content (AvgIpc) is 2.72. The van der Waals surface area contributed by atoms with E-state index in [1.54, 1.807) is 0 Å². The van der Waals surface area contributed by atoms with Crippen LogP contribution in [0, 0.1) is 0 Å². The third kappa shape index (κ3) is 3.64. The predicted octanol–water partition coefficient (Wildman–Crippen LogP) is 2.94. The van der Waals surface area contributed by atoms with Gasteiger partial charge >= 0.3 is 6.09 Å². The molecule has 3 heterocycles. The number of ether oxygens (including phenoxy) is 2. The molecule has 0 aromatic rings. The van der Waals surface area contributed by atoms with Crippen LogP contribution in [-0.2, 0) is 14.3 Å². The van der Waals surface area contributed by atoms with Crippen molar-refractivity contribution in [3.8, 4) is 0 Å².